The first-order chi connectivity index (χ1) is 11.7. The number of thiophene rings is 1. The van der Waals surface area contributed by atoms with Gasteiger partial charge in [0.15, 0.2) is 0 Å². The lowest BCUT2D eigenvalue weighted by Gasteiger charge is -2.16. The molecule has 1 fully saturated rings. The highest BCUT2D eigenvalue weighted by atomic mass is 32.2. The van der Waals surface area contributed by atoms with E-state index < -0.39 is 21.9 Å². The van der Waals surface area contributed by atoms with Crippen molar-refractivity contribution < 1.29 is 26.7 Å². The number of pyridine rings is 1. The fraction of sp³-hybridized carbons (Fsp3) is 0.400. The quantitative estimate of drug-likeness (QED) is 0.868. The summed E-state index contributed by atoms with van der Waals surface area (Å²) in [6.45, 7) is 0.115. The molecule has 0 saturated carbocycles. The van der Waals surface area contributed by atoms with Gasteiger partial charge in [0.25, 0.3) is 0 Å². The number of hydrogen-bond acceptors (Lipinski definition) is 5. The zero-order valence-corrected chi connectivity index (χ0v) is 14.5. The summed E-state index contributed by atoms with van der Waals surface area (Å²) < 4.78 is 64.3. The summed E-state index contributed by atoms with van der Waals surface area (Å²) in [5.74, 6) is -0.403. The Morgan fingerprint density at radius 1 is 1.28 bits per heavy atom. The molecular formula is C15H15F3N2O3S2. The number of rotatable bonds is 4. The Hall–Kier alpha value is -1.49. The smallest absolute Gasteiger partial charge is 0.396 e. The van der Waals surface area contributed by atoms with Gasteiger partial charge in [0, 0.05) is 37.7 Å². The van der Waals surface area contributed by atoms with Crippen LogP contribution in [-0.2, 0) is 16.2 Å². The molecule has 10 heteroatoms. The maximum absolute atomic E-state index is 12.7. The van der Waals surface area contributed by atoms with Crippen LogP contribution in [0.4, 0.5) is 13.2 Å². The lowest BCUT2D eigenvalue weighted by atomic mass is 9.92. The molecule has 136 valence electrons. The average molecular weight is 392 g/mol. The maximum Gasteiger partial charge on any atom is 0.433 e. The average Bonchev–Trinajstić information content (AvgIpc) is 3.23. The molecule has 1 N–H and O–H groups in total. The van der Waals surface area contributed by atoms with Crippen LogP contribution in [-0.4, -0.2) is 42.5 Å². The molecule has 0 aliphatic carbocycles. The predicted octanol–water partition coefficient (Wildman–Crippen LogP) is 2.56. The molecule has 2 unspecified atom stereocenters. The molecule has 2 aromatic rings. The predicted molar refractivity (Wildman–Crippen MR) is 85.6 cm³/mol. The van der Waals surface area contributed by atoms with E-state index in [1.54, 1.807) is 0 Å². The second-order valence-corrected chi connectivity index (χ2v) is 8.52. The second-order valence-electron chi connectivity index (χ2n) is 5.80. The minimum atomic E-state index is -4.62. The third-order valence-electron chi connectivity index (χ3n) is 4.28. The second kappa shape index (κ2) is 6.67. The molecule has 0 aromatic carbocycles. The van der Waals surface area contributed by atoms with Crippen LogP contribution in [0.3, 0.4) is 0 Å². The molecule has 3 rings (SSSR count). The third kappa shape index (κ3) is 3.57. The molecule has 0 spiro atoms. The van der Waals surface area contributed by atoms with Gasteiger partial charge in [0.05, 0.1) is 0 Å². The highest BCUT2D eigenvalue weighted by Crippen LogP contribution is 2.36. The topological polar surface area (TPSA) is 70.5 Å². The summed E-state index contributed by atoms with van der Waals surface area (Å²) >= 11 is 1.48. The Morgan fingerprint density at radius 3 is 2.56 bits per heavy atom. The molecule has 2 atom stereocenters. The molecular weight excluding hydrogens is 377 g/mol. The van der Waals surface area contributed by atoms with E-state index in [0.717, 1.165) is 17.8 Å². The largest absolute Gasteiger partial charge is 0.433 e. The van der Waals surface area contributed by atoms with Gasteiger partial charge in [-0.3, -0.25) is 4.98 Å². The van der Waals surface area contributed by atoms with E-state index in [1.165, 1.54) is 15.6 Å². The van der Waals surface area contributed by atoms with Crippen molar-refractivity contribution >= 4 is 21.4 Å². The minimum absolute atomic E-state index is 0.111. The lowest BCUT2D eigenvalue weighted by molar-refractivity contribution is -0.141. The van der Waals surface area contributed by atoms with Crippen molar-refractivity contribution in [3.63, 3.8) is 0 Å². The first-order valence-corrected chi connectivity index (χ1v) is 9.78. The van der Waals surface area contributed by atoms with Gasteiger partial charge >= 0.3 is 6.18 Å². The maximum atomic E-state index is 12.7. The molecule has 1 aliphatic rings. The number of aliphatic hydroxyl groups is 1. The van der Waals surface area contributed by atoms with Gasteiger partial charge in [-0.1, -0.05) is 0 Å². The number of halogens is 3. The Labute approximate surface area is 146 Å². The van der Waals surface area contributed by atoms with Gasteiger partial charge in [0.1, 0.15) is 10.6 Å². The van der Waals surface area contributed by atoms with Gasteiger partial charge in [-0.25, -0.2) is 8.42 Å². The Kier molecular flexibility index (Phi) is 4.89. The molecule has 0 amide bonds. The fourth-order valence-corrected chi connectivity index (χ4v) is 5.12. The fourth-order valence-electron chi connectivity index (χ4n) is 2.93. The van der Waals surface area contributed by atoms with Crippen LogP contribution in [0.1, 0.15) is 17.2 Å². The molecule has 5 nitrogen and oxygen atoms in total. The van der Waals surface area contributed by atoms with Crippen molar-refractivity contribution in [1.82, 2.24) is 9.29 Å². The number of alkyl halides is 3. The van der Waals surface area contributed by atoms with E-state index in [1.807, 2.05) is 16.8 Å². The van der Waals surface area contributed by atoms with Crippen molar-refractivity contribution in [2.45, 2.75) is 17.0 Å². The highest BCUT2D eigenvalue weighted by Gasteiger charge is 2.40. The van der Waals surface area contributed by atoms with E-state index in [9.17, 15) is 26.7 Å². The zero-order chi connectivity index (χ0) is 18.2. The van der Waals surface area contributed by atoms with Gasteiger partial charge < -0.3 is 5.11 Å². The third-order valence-corrected chi connectivity index (χ3v) is 6.79. The van der Waals surface area contributed by atoms with Crippen molar-refractivity contribution in [2.24, 2.45) is 5.92 Å². The molecule has 25 heavy (non-hydrogen) atoms. The number of hydrogen-bond donors (Lipinski definition) is 1. The highest BCUT2D eigenvalue weighted by molar-refractivity contribution is 7.89. The minimum Gasteiger partial charge on any atom is -0.396 e. The summed E-state index contributed by atoms with van der Waals surface area (Å²) in [5, 5.41) is 13.3. The molecule has 1 aliphatic heterocycles. The van der Waals surface area contributed by atoms with Crippen LogP contribution in [0.15, 0.2) is 40.1 Å². The summed E-state index contributed by atoms with van der Waals surface area (Å²) in [6.07, 6.45) is -3.90. The first kappa shape index (κ1) is 18.3. The van der Waals surface area contributed by atoms with E-state index in [4.69, 9.17) is 0 Å². The van der Waals surface area contributed by atoms with Crippen LogP contribution in [0.25, 0.3) is 0 Å². The van der Waals surface area contributed by atoms with Gasteiger partial charge in [-0.15, -0.1) is 0 Å². The van der Waals surface area contributed by atoms with Crippen molar-refractivity contribution in [3.8, 4) is 0 Å². The molecule has 1 saturated heterocycles. The van der Waals surface area contributed by atoms with Crippen LogP contribution in [0.2, 0.25) is 0 Å². The lowest BCUT2D eigenvalue weighted by Crippen LogP contribution is -2.29. The normalized spacial score (nSPS) is 22.4. The summed E-state index contributed by atoms with van der Waals surface area (Å²) in [7, 11) is -3.97. The Bertz CT molecular complexity index is 821. The van der Waals surface area contributed by atoms with Crippen LogP contribution in [0, 0.1) is 5.92 Å². The Balaban J connectivity index is 1.85. The number of aliphatic hydroxyl groups excluding tert-OH is 1. The van der Waals surface area contributed by atoms with Crippen LogP contribution < -0.4 is 0 Å². The van der Waals surface area contributed by atoms with Gasteiger partial charge in [-0.05, 0) is 34.5 Å². The van der Waals surface area contributed by atoms with Crippen molar-refractivity contribution in [1.29, 1.82) is 0 Å². The molecule has 2 aromatic heterocycles. The van der Waals surface area contributed by atoms with Gasteiger partial charge in [-0.2, -0.15) is 28.8 Å². The van der Waals surface area contributed by atoms with Crippen molar-refractivity contribution in [2.75, 3.05) is 19.7 Å². The zero-order valence-electron chi connectivity index (χ0n) is 12.8. The summed E-state index contributed by atoms with van der Waals surface area (Å²) in [4.78, 5) is 2.93. The molecule has 0 radical (unpaired) electrons. The number of nitrogens with zero attached hydrogens (tertiary/aromatic N) is 2. The van der Waals surface area contributed by atoms with Crippen LogP contribution >= 0.6 is 11.3 Å². The van der Waals surface area contributed by atoms with E-state index in [2.05, 4.69) is 4.98 Å². The van der Waals surface area contributed by atoms with E-state index >= 15 is 0 Å². The summed E-state index contributed by atoms with van der Waals surface area (Å²) in [6, 6.07) is 3.45. The monoisotopic (exact) mass is 392 g/mol. The number of aromatic nitrogens is 1. The standard InChI is InChI=1S/C15H15F3N2O3S2/c16-15(17,18)14-2-1-12(5-19-14)25(22,23)20-6-11(8-21)13(7-20)10-3-4-24-9-10/h1-5,9,11,13,21H,6-8H2. The Morgan fingerprint density at radius 2 is 2.04 bits per heavy atom. The van der Waals surface area contributed by atoms with Crippen molar-refractivity contribution in [3.05, 3.63) is 46.4 Å². The molecule has 0 bridgehead atoms. The van der Waals surface area contributed by atoms with Gasteiger partial charge in [0.2, 0.25) is 10.0 Å². The summed E-state index contributed by atoms with van der Waals surface area (Å²) in [5.41, 5.74) is -0.190. The SMILES string of the molecule is O=S(=O)(c1ccc(C(F)(F)F)nc1)N1CC(CO)C(c2ccsc2)C1. The van der Waals surface area contributed by atoms with E-state index in [0.29, 0.717) is 6.07 Å². The number of sulfonamides is 1. The first-order valence-electron chi connectivity index (χ1n) is 7.40. The van der Waals surface area contributed by atoms with E-state index in [-0.39, 0.29) is 36.4 Å². The molecule has 3 heterocycles. The van der Waals surface area contributed by atoms with Crippen LogP contribution in [0.5, 0.6) is 0 Å².